The van der Waals surface area contributed by atoms with E-state index in [4.69, 9.17) is 9.40 Å². The summed E-state index contributed by atoms with van der Waals surface area (Å²) in [6.07, 6.45) is 1.37. The summed E-state index contributed by atoms with van der Waals surface area (Å²) in [5.74, 6) is -0.192. The second-order valence-corrected chi connectivity index (χ2v) is 7.78. The van der Waals surface area contributed by atoms with Crippen LogP contribution in [0.4, 0.5) is 5.69 Å². The summed E-state index contributed by atoms with van der Waals surface area (Å²) in [5, 5.41) is 5.98. The summed E-state index contributed by atoms with van der Waals surface area (Å²) in [7, 11) is 0. The number of benzene rings is 3. The SMILES string of the molecule is Cc1ccccc1-c1nc(-c2ccc(NC(=O)c3ccc4ocnc4c3)cc2)cs1. The number of carbonyl (C=O) groups excluding carboxylic acids is 1. The van der Waals surface area contributed by atoms with Gasteiger partial charge in [0.25, 0.3) is 5.91 Å². The lowest BCUT2D eigenvalue weighted by Gasteiger charge is -2.06. The van der Waals surface area contributed by atoms with Crippen LogP contribution in [-0.4, -0.2) is 15.9 Å². The number of nitrogens with zero attached hydrogens (tertiary/aromatic N) is 2. The molecule has 0 saturated heterocycles. The van der Waals surface area contributed by atoms with Gasteiger partial charge in [-0.05, 0) is 42.8 Å². The lowest BCUT2D eigenvalue weighted by atomic mass is 10.1. The van der Waals surface area contributed by atoms with E-state index < -0.39 is 0 Å². The van der Waals surface area contributed by atoms with Crippen molar-refractivity contribution in [2.45, 2.75) is 6.92 Å². The van der Waals surface area contributed by atoms with E-state index in [1.54, 1.807) is 29.5 Å². The van der Waals surface area contributed by atoms with Crippen LogP contribution in [0.3, 0.4) is 0 Å². The highest BCUT2D eigenvalue weighted by Gasteiger charge is 2.11. The van der Waals surface area contributed by atoms with Crippen molar-refractivity contribution in [1.29, 1.82) is 0 Å². The molecule has 0 radical (unpaired) electrons. The Labute approximate surface area is 177 Å². The molecule has 0 atom stereocenters. The Morgan fingerprint density at radius 1 is 1.03 bits per heavy atom. The van der Waals surface area contributed by atoms with Crippen LogP contribution in [0.5, 0.6) is 0 Å². The van der Waals surface area contributed by atoms with Crippen molar-refractivity contribution in [1.82, 2.24) is 9.97 Å². The number of amides is 1. The number of aromatic nitrogens is 2. The first-order valence-corrected chi connectivity index (χ1v) is 10.3. The molecule has 0 unspecified atom stereocenters. The zero-order valence-corrected chi connectivity index (χ0v) is 16.9. The quantitative estimate of drug-likeness (QED) is 0.383. The largest absolute Gasteiger partial charge is 0.443 e. The number of nitrogens with one attached hydrogen (secondary N) is 1. The molecule has 30 heavy (non-hydrogen) atoms. The number of oxazole rings is 1. The molecule has 0 bridgehead atoms. The van der Waals surface area contributed by atoms with Crippen molar-refractivity contribution in [3.63, 3.8) is 0 Å². The Bertz CT molecular complexity index is 1350. The van der Waals surface area contributed by atoms with Crippen molar-refractivity contribution in [3.05, 3.63) is 89.6 Å². The van der Waals surface area contributed by atoms with Gasteiger partial charge in [-0.3, -0.25) is 4.79 Å². The molecule has 0 aliphatic rings. The maximum Gasteiger partial charge on any atom is 0.255 e. The molecule has 5 nitrogen and oxygen atoms in total. The maximum absolute atomic E-state index is 12.5. The van der Waals surface area contributed by atoms with Crippen molar-refractivity contribution < 1.29 is 9.21 Å². The van der Waals surface area contributed by atoms with E-state index >= 15 is 0 Å². The summed E-state index contributed by atoms with van der Waals surface area (Å²) in [6.45, 7) is 2.09. The van der Waals surface area contributed by atoms with Gasteiger partial charge in [-0.15, -0.1) is 11.3 Å². The number of anilines is 1. The number of fused-ring (bicyclic) bond motifs is 1. The van der Waals surface area contributed by atoms with Crippen LogP contribution in [0.1, 0.15) is 15.9 Å². The standard InChI is InChI=1S/C24H17N3O2S/c1-15-4-2-3-5-19(15)24-27-21(13-30-24)16-6-9-18(10-7-16)26-23(28)17-8-11-22-20(12-17)25-14-29-22/h2-14H,1H3,(H,26,28). The average molecular weight is 411 g/mol. The molecule has 0 saturated carbocycles. The van der Waals surface area contributed by atoms with Crippen molar-refractivity contribution in [2.75, 3.05) is 5.32 Å². The van der Waals surface area contributed by atoms with Crippen LogP contribution in [0, 0.1) is 6.92 Å². The van der Waals surface area contributed by atoms with Gasteiger partial charge in [0.15, 0.2) is 12.0 Å². The zero-order chi connectivity index (χ0) is 20.5. The second-order valence-electron chi connectivity index (χ2n) is 6.92. The third-order valence-electron chi connectivity index (χ3n) is 4.91. The van der Waals surface area contributed by atoms with Crippen LogP contribution in [0.2, 0.25) is 0 Å². The number of carbonyl (C=O) groups is 1. The fourth-order valence-electron chi connectivity index (χ4n) is 3.27. The van der Waals surface area contributed by atoms with Gasteiger partial charge in [0.2, 0.25) is 0 Å². The molecule has 3 aromatic carbocycles. The Balaban J connectivity index is 1.33. The molecule has 0 spiro atoms. The molecule has 0 fully saturated rings. The first-order valence-electron chi connectivity index (χ1n) is 9.44. The number of hydrogen-bond donors (Lipinski definition) is 1. The summed E-state index contributed by atoms with van der Waals surface area (Å²) in [5.41, 5.74) is 6.86. The summed E-state index contributed by atoms with van der Waals surface area (Å²) >= 11 is 1.63. The van der Waals surface area contributed by atoms with Gasteiger partial charge in [0.1, 0.15) is 10.5 Å². The predicted molar refractivity (Wildman–Crippen MR) is 120 cm³/mol. The van der Waals surface area contributed by atoms with Gasteiger partial charge in [-0.1, -0.05) is 36.4 Å². The van der Waals surface area contributed by atoms with Crippen LogP contribution in [0.25, 0.3) is 32.9 Å². The smallest absolute Gasteiger partial charge is 0.255 e. The Morgan fingerprint density at radius 3 is 2.70 bits per heavy atom. The fraction of sp³-hybridized carbons (Fsp3) is 0.0417. The molecular weight excluding hydrogens is 394 g/mol. The molecule has 5 rings (SSSR count). The lowest BCUT2D eigenvalue weighted by molar-refractivity contribution is 0.102. The highest BCUT2D eigenvalue weighted by molar-refractivity contribution is 7.13. The third kappa shape index (κ3) is 3.49. The Morgan fingerprint density at radius 2 is 1.87 bits per heavy atom. The number of thiazole rings is 1. The molecule has 2 heterocycles. The van der Waals surface area contributed by atoms with E-state index in [0.29, 0.717) is 16.7 Å². The van der Waals surface area contributed by atoms with E-state index in [2.05, 4.69) is 34.7 Å². The highest BCUT2D eigenvalue weighted by Crippen LogP contribution is 2.31. The van der Waals surface area contributed by atoms with Crippen LogP contribution < -0.4 is 5.32 Å². The van der Waals surface area contributed by atoms with Gasteiger partial charge in [-0.2, -0.15) is 0 Å². The minimum atomic E-state index is -0.192. The highest BCUT2D eigenvalue weighted by atomic mass is 32.1. The predicted octanol–water partition coefficient (Wildman–Crippen LogP) is 6.18. The monoisotopic (exact) mass is 411 g/mol. The van der Waals surface area contributed by atoms with E-state index in [-0.39, 0.29) is 5.91 Å². The summed E-state index contributed by atoms with van der Waals surface area (Å²) < 4.78 is 5.21. The summed E-state index contributed by atoms with van der Waals surface area (Å²) in [4.78, 5) is 21.4. The minimum Gasteiger partial charge on any atom is -0.443 e. The van der Waals surface area contributed by atoms with Crippen molar-refractivity contribution in [3.8, 4) is 21.8 Å². The van der Waals surface area contributed by atoms with E-state index in [1.807, 2.05) is 36.4 Å². The first kappa shape index (κ1) is 18.3. The van der Waals surface area contributed by atoms with E-state index in [9.17, 15) is 4.79 Å². The van der Waals surface area contributed by atoms with Gasteiger partial charge < -0.3 is 9.73 Å². The molecule has 0 aliphatic heterocycles. The second kappa shape index (κ2) is 7.57. The fourth-order valence-corrected chi connectivity index (χ4v) is 4.19. The molecule has 146 valence electrons. The van der Waals surface area contributed by atoms with Crippen molar-refractivity contribution >= 4 is 34.0 Å². The normalized spacial score (nSPS) is 11.0. The van der Waals surface area contributed by atoms with Gasteiger partial charge >= 0.3 is 0 Å². The molecule has 5 aromatic rings. The summed E-state index contributed by atoms with van der Waals surface area (Å²) in [6, 6.07) is 21.1. The molecule has 2 aromatic heterocycles. The molecular formula is C24H17N3O2S. The zero-order valence-electron chi connectivity index (χ0n) is 16.1. The van der Waals surface area contributed by atoms with Crippen LogP contribution >= 0.6 is 11.3 Å². The molecule has 0 aliphatic carbocycles. The Hall–Kier alpha value is -3.77. The molecule has 1 N–H and O–H groups in total. The van der Waals surface area contributed by atoms with Gasteiger partial charge in [-0.25, -0.2) is 9.97 Å². The number of aryl methyl sites for hydroxylation is 1. The van der Waals surface area contributed by atoms with E-state index in [1.165, 1.54) is 12.0 Å². The van der Waals surface area contributed by atoms with Crippen LogP contribution in [-0.2, 0) is 0 Å². The van der Waals surface area contributed by atoms with Gasteiger partial charge in [0, 0.05) is 27.8 Å². The molecule has 1 amide bonds. The molecule has 6 heteroatoms. The maximum atomic E-state index is 12.5. The number of rotatable bonds is 4. The van der Waals surface area contributed by atoms with Crippen molar-refractivity contribution in [2.24, 2.45) is 0 Å². The first-order chi connectivity index (χ1) is 14.7. The van der Waals surface area contributed by atoms with Crippen LogP contribution in [0.15, 0.2) is 82.9 Å². The minimum absolute atomic E-state index is 0.192. The third-order valence-corrected chi connectivity index (χ3v) is 5.79. The Kier molecular flexibility index (Phi) is 4.61. The van der Waals surface area contributed by atoms with E-state index in [0.717, 1.165) is 27.5 Å². The lowest BCUT2D eigenvalue weighted by Crippen LogP contribution is -2.11. The number of hydrogen-bond acceptors (Lipinski definition) is 5. The van der Waals surface area contributed by atoms with Gasteiger partial charge in [0.05, 0.1) is 5.69 Å². The topological polar surface area (TPSA) is 68.0 Å². The average Bonchev–Trinajstić information content (AvgIpc) is 3.44.